The molecule has 402 valence electrons. The monoisotopic (exact) mass is 1040 g/mol. The molecule has 0 radical (unpaired) electrons. The molecule has 0 saturated carbocycles. The van der Waals surface area contributed by atoms with Gasteiger partial charge in [-0.05, 0) is 104 Å². The van der Waals surface area contributed by atoms with Crippen LogP contribution in [-0.2, 0) is 64.0 Å². The summed E-state index contributed by atoms with van der Waals surface area (Å²) in [7, 11) is 0. The minimum atomic E-state index is -1.06. The van der Waals surface area contributed by atoms with E-state index in [1.807, 2.05) is 109 Å². The predicted octanol–water partition coefficient (Wildman–Crippen LogP) is 3.46. The van der Waals surface area contributed by atoms with Crippen molar-refractivity contribution >= 4 is 47.4 Å². The number of hydrogen-bond donors (Lipinski definition) is 6. The number of amides is 6. The maximum atomic E-state index is 14.2. The fourth-order valence-electron chi connectivity index (χ4n) is 11.5. The number of carbonyl (C=O) groups excluding carboxylic acids is 6. The van der Waals surface area contributed by atoms with Crippen LogP contribution >= 0.6 is 0 Å². The van der Waals surface area contributed by atoms with Gasteiger partial charge in [-0.2, -0.15) is 0 Å². The number of benzene rings is 4. The van der Waals surface area contributed by atoms with Gasteiger partial charge in [-0.25, -0.2) is 4.79 Å². The molecule has 4 saturated heterocycles. The molecule has 4 fully saturated rings. The third-order valence-corrected chi connectivity index (χ3v) is 15.2. The highest BCUT2D eigenvalue weighted by atomic mass is 16.4. The summed E-state index contributed by atoms with van der Waals surface area (Å²) in [5.74, 6) is -4.32. The fraction of sp³-hybridized carbons (Fsp3) is 0.448. The van der Waals surface area contributed by atoms with Gasteiger partial charge in [0.1, 0.15) is 30.2 Å². The molecular weight excluding hydrogens is 969 g/mol. The highest BCUT2D eigenvalue weighted by Crippen LogP contribution is 2.29. The smallest absolute Gasteiger partial charge is 0.326 e. The molecular formula is C58H70N8O10. The van der Waals surface area contributed by atoms with Gasteiger partial charge in [-0.1, -0.05) is 109 Å². The number of carboxylic acids is 2. The molecule has 8 N–H and O–H groups in total. The SMILES string of the molecule is NC(CC(=O)NC(Cc1ccccc1)C(=O)N1CCCC1C(=O)N1CCCC1C(=O)O)Cc1ccc(-c2cccc(CC(N)C(=O)N3CCCC3C(=O)N3CCCC3C(=O)NC(CC(=O)O)Cc3ccccc3)c2)cc1. The lowest BCUT2D eigenvalue weighted by Gasteiger charge is -2.32. The lowest BCUT2D eigenvalue weighted by atomic mass is 9.97. The van der Waals surface area contributed by atoms with Crippen molar-refractivity contribution in [1.82, 2.24) is 30.2 Å². The number of nitrogens with zero attached hydrogens (tertiary/aromatic N) is 4. The van der Waals surface area contributed by atoms with E-state index in [-0.39, 0.29) is 43.4 Å². The number of aliphatic carboxylic acids is 2. The lowest BCUT2D eigenvalue weighted by Crippen LogP contribution is -2.56. The second-order valence-corrected chi connectivity index (χ2v) is 20.8. The van der Waals surface area contributed by atoms with Crippen LogP contribution in [0.25, 0.3) is 11.1 Å². The van der Waals surface area contributed by atoms with Gasteiger partial charge in [0, 0.05) is 51.1 Å². The fourth-order valence-corrected chi connectivity index (χ4v) is 11.5. The van der Waals surface area contributed by atoms with Crippen molar-refractivity contribution in [2.75, 3.05) is 26.2 Å². The highest BCUT2D eigenvalue weighted by molar-refractivity contribution is 5.95. The van der Waals surface area contributed by atoms with E-state index in [4.69, 9.17) is 11.5 Å². The highest BCUT2D eigenvalue weighted by Gasteiger charge is 2.45. The molecule has 18 nitrogen and oxygen atoms in total. The molecule has 18 heteroatoms. The van der Waals surface area contributed by atoms with E-state index in [1.165, 1.54) is 14.7 Å². The lowest BCUT2D eigenvalue weighted by molar-refractivity contribution is -0.152. The van der Waals surface area contributed by atoms with Gasteiger partial charge < -0.3 is 51.9 Å². The molecule has 8 rings (SSSR count). The maximum absolute atomic E-state index is 14.2. The van der Waals surface area contributed by atoms with Crippen LogP contribution in [0, 0.1) is 0 Å². The van der Waals surface area contributed by atoms with Crippen molar-refractivity contribution in [2.45, 2.75) is 138 Å². The summed E-state index contributed by atoms with van der Waals surface area (Å²) in [5, 5.41) is 25.1. The van der Waals surface area contributed by atoms with E-state index >= 15 is 0 Å². The van der Waals surface area contributed by atoms with Crippen LogP contribution in [0.5, 0.6) is 0 Å². The second-order valence-electron chi connectivity index (χ2n) is 20.8. The van der Waals surface area contributed by atoms with Gasteiger partial charge >= 0.3 is 11.9 Å². The minimum absolute atomic E-state index is 0.0633. The average Bonchev–Trinajstić information content (AvgIpc) is 4.27. The third kappa shape index (κ3) is 13.7. The van der Waals surface area contributed by atoms with E-state index < -0.39 is 78.0 Å². The summed E-state index contributed by atoms with van der Waals surface area (Å²) in [5.41, 5.74) is 18.4. The quantitative estimate of drug-likeness (QED) is 0.0701. The Morgan fingerprint density at radius 3 is 1.61 bits per heavy atom. The largest absolute Gasteiger partial charge is 0.481 e. The Hall–Kier alpha value is -7.44. The van der Waals surface area contributed by atoms with Crippen LogP contribution in [0.3, 0.4) is 0 Å². The average molecular weight is 1040 g/mol. The van der Waals surface area contributed by atoms with E-state index in [1.54, 1.807) is 4.90 Å². The molecule has 4 aromatic carbocycles. The number of rotatable bonds is 21. The first-order chi connectivity index (χ1) is 36.6. The number of hydrogen-bond acceptors (Lipinski definition) is 10. The summed E-state index contributed by atoms with van der Waals surface area (Å²) in [6.45, 7) is 1.36. The van der Waals surface area contributed by atoms with Crippen LogP contribution < -0.4 is 22.1 Å². The Labute approximate surface area is 443 Å². The maximum Gasteiger partial charge on any atom is 0.326 e. The summed E-state index contributed by atoms with van der Waals surface area (Å²) < 4.78 is 0. The Morgan fingerprint density at radius 2 is 1.01 bits per heavy atom. The molecule has 4 aliphatic heterocycles. The molecule has 4 aliphatic rings. The normalized spacial score (nSPS) is 20.9. The summed E-state index contributed by atoms with van der Waals surface area (Å²) in [4.78, 5) is 113. The Bertz CT molecular complexity index is 2730. The van der Waals surface area contributed by atoms with E-state index in [0.717, 1.165) is 33.4 Å². The predicted molar refractivity (Wildman–Crippen MR) is 283 cm³/mol. The van der Waals surface area contributed by atoms with Crippen LogP contribution in [0.4, 0.5) is 0 Å². The Kier molecular flexibility index (Phi) is 18.3. The minimum Gasteiger partial charge on any atom is -0.481 e. The molecule has 0 aliphatic carbocycles. The first kappa shape index (κ1) is 54.8. The molecule has 6 amide bonds. The molecule has 0 aromatic heterocycles. The van der Waals surface area contributed by atoms with Crippen LogP contribution in [-0.4, -0.2) is 152 Å². The van der Waals surface area contributed by atoms with Gasteiger partial charge in [-0.3, -0.25) is 33.6 Å². The number of likely N-dealkylation sites (tertiary alicyclic amines) is 4. The number of carboxylic acid groups (broad SMARTS) is 2. The first-order valence-electron chi connectivity index (χ1n) is 26.7. The standard InChI is InChI=1S/C58H70N8O10/c59-43(35-51(67)62-46(34-38-14-5-2-6-15-38)55(72)65-28-10-20-49(65)57(74)66-29-11-21-50(66)58(75)76)31-39-22-24-41(25-23-39)42-17-7-16-40(30-42)33-45(60)54(71)64-27-9-19-48(64)56(73)63-26-8-18-47(63)53(70)61-44(36-52(68)69)32-37-12-3-1-4-13-37/h1-7,12-17,22-25,30,43-50H,8-11,18-21,26-29,31-36,59-60H2,(H,61,70)(H,62,67)(H,68,69)(H,75,76). The zero-order chi connectivity index (χ0) is 53.9. The van der Waals surface area contributed by atoms with E-state index in [9.17, 15) is 48.6 Å². The summed E-state index contributed by atoms with van der Waals surface area (Å²) in [6.07, 6.45) is 4.83. The van der Waals surface area contributed by atoms with Crippen LogP contribution in [0.15, 0.2) is 109 Å². The molecule has 4 heterocycles. The molecule has 0 spiro atoms. The second kappa shape index (κ2) is 25.4. The van der Waals surface area contributed by atoms with Gasteiger partial charge in [0.25, 0.3) is 0 Å². The molecule has 0 bridgehead atoms. The number of carbonyl (C=O) groups is 8. The van der Waals surface area contributed by atoms with Crippen molar-refractivity contribution in [3.8, 4) is 11.1 Å². The number of nitrogens with one attached hydrogen (secondary N) is 2. The van der Waals surface area contributed by atoms with E-state index in [2.05, 4.69) is 10.6 Å². The van der Waals surface area contributed by atoms with Gasteiger partial charge in [0.15, 0.2) is 0 Å². The Balaban J connectivity index is 0.840. The third-order valence-electron chi connectivity index (χ3n) is 15.2. The van der Waals surface area contributed by atoms with E-state index in [0.29, 0.717) is 90.4 Å². The van der Waals surface area contributed by atoms with Gasteiger partial charge in [0.05, 0.1) is 12.5 Å². The van der Waals surface area contributed by atoms with Crippen LogP contribution in [0.1, 0.15) is 86.5 Å². The number of nitrogens with two attached hydrogens (primary N) is 2. The van der Waals surface area contributed by atoms with Crippen molar-refractivity contribution in [2.24, 2.45) is 11.5 Å². The van der Waals surface area contributed by atoms with Crippen molar-refractivity contribution in [3.63, 3.8) is 0 Å². The zero-order valence-corrected chi connectivity index (χ0v) is 42.8. The Morgan fingerprint density at radius 1 is 0.500 bits per heavy atom. The van der Waals surface area contributed by atoms with Gasteiger partial charge in [-0.15, -0.1) is 0 Å². The first-order valence-corrected chi connectivity index (χ1v) is 26.7. The van der Waals surface area contributed by atoms with Gasteiger partial charge in [0.2, 0.25) is 35.4 Å². The van der Waals surface area contributed by atoms with Crippen LogP contribution in [0.2, 0.25) is 0 Å². The topological polar surface area (TPSA) is 266 Å². The molecule has 8 unspecified atom stereocenters. The molecule has 8 atom stereocenters. The molecule has 4 aromatic rings. The van der Waals surface area contributed by atoms with Crippen molar-refractivity contribution < 1.29 is 48.6 Å². The summed E-state index contributed by atoms with van der Waals surface area (Å²) >= 11 is 0. The van der Waals surface area contributed by atoms with Crippen molar-refractivity contribution in [3.05, 3.63) is 131 Å². The summed E-state index contributed by atoms with van der Waals surface area (Å²) in [6, 6.07) is 27.7. The van der Waals surface area contributed by atoms with Crippen molar-refractivity contribution in [1.29, 1.82) is 0 Å². The zero-order valence-electron chi connectivity index (χ0n) is 42.8. The molecule has 76 heavy (non-hydrogen) atoms.